The molecular weight excluding hydrogens is 464 g/mol. The van der Waals surface area contributed by atoms with Gasteiger partial charge in [-0.2, -0.15) is 0 Å². The first-order valence-electron chi connectivity index (χ1n) is 13.8. The van der Waals surface area contributed by atoms with Crippen LogP contribution >= 0.6 is 0 Å². The molecule has 0 bridgehead atoms. The molecule has 0 atom stereocenters. The molecule has 2 aromatic rings. The highest BCUT2D eigenvalue weighted by molar-refractivity contribution is 6.21. The van der Waals surface area contributed by atoms with Crippen LogP contribution < -0.4 is 10.6 Å². The van der Waals surface area contributed by atoms with Crippen molar-refractivity contribution in [3.8, 4) is 0 Å². The van der Waals surface area contributed by atoms with Gasteiger partial charge in [-0.15, -0.1) is 0 Å². The highest BCUT2D eigenvalue weighted by atomic mass is 16.2. The Morgan fingerprint density at radius 3 is 1.92 bits per heavy atom. The normalized spacial score (nSPS) is 12.8. The van der Waals surface area contributed by atoms with Crippen molar-refractivity contribution in [2.75, 3.05) is 44.6 Å². The Hall–Kier alpha value is -3.19. The van der Waals surface area contributed by atoms with E-state index in [1.165, 1.54) is 24.2 Å². The molecule has 3 rings (SSSR count). The van der Waals surface area contributed by atoms with Crippen LogP contribution in [0.4, 0.5) is 5.69 Å². The van der Waals surface area contributed by atoms with E-state index < -0.39 is 0 Å². The lowest BCUT2D eigenvalue weighted by molar-refractivity contribution is 0.0651. The molecule has 1 heterocycles. The zero-order valence-corrected chi connectivity index (χ0v) is 22.4. The predicted molar refractivity (Wildman–Crippen MR) is 149 cm³/mol. The minimum absolute atomic E-state index is 0.0255. The Balaban J connectivity index is 1.19. The maximum atomic E-state index is 12.4. The number of hydrogen-bond donors (Lipinski definition) is 2. The second kappa shape index (κ2) is 15.2. The summed E-state index contributed by atoms with van der Waals surface area (Å²) < 4.78 is 0. The Morgan fingerprint density at radius 1 is 0.757 bits per heavy atom. The van der Waals surface area contributed by atoms with Crippen LogP contribution in [0.5, 0.6) is 0 Å². The van der Waals surface area contributed by atoms with Gasteiger partial charge in [0, 0.05) is 37.4 Å². The Labute approximate surface area is 221 Å². The summed E-state index contributed by atoms with van der Waals surface area (Å²) in [5, 5.41) is 6.43. The second-order valence-corrected chi connectivity index (χ2v) is 9.57. The molecule has 1 aliphatic rings. The van der Waals surface area contributed by atoms with Crippen molar-refractivity contribution < 1.29 is 14.4 Å². The third-order valence-electron chi connectivity index (χ3n) is 7.02. The summed E-state index contributed by atoms with van der Waals surface area (Å²) in [5.41, 5.74) is 2.79. The van der Waals surface area contributed by atoms with Crippen molar-refractivity contribution in [3.63, 3.8) is 0 Å². The number of imide groups is 1. The summed E-state index contributed by atoms with van der Waals surface area (Å²) in [6, 6.07) is 14.7. The molecule has 200 valence electrons. The van der Waals surface area contributed by atoms with Gasteiger partial charge in [0.05, 0.1) is 11.1 Å². The van der Waals surface area contributed by atoms with Gasteiger partial charge in [-0.1, -0.05) is 58.1 Å². The van der Waals surface area contributed by atoms with Crippen molar-refractivity contribution in [2.24, 2.45) is 0 Å². The lowest BCUT2D eigenvalue weighted by atomic mass is 10.1. The number of unbranched alkanes of at least 4 members (excludes halogenated alkanes) is 6. The minimum Gasteiger partial charge on any atom is -0.385 e. The van der Waals surface area contributed by atoms with E-state index in [-0.39, 0.29) is 17.7 Å². The van der Waals surface area contributed by atoms with Gasteiger partial charge in [0.25, 0.3) is 17.7 Å². The van der Waals surface area contributed by atoms with Gasteiger partial charge in [-0.3, -0.25) is 19.3 Å². The molecule has 2 N–H and O–H groups in total. The average molecular weight is 507 g/mol. The summed E-state index contributed by atoms with van der Waals surface area (Å²) >= 11 is 0. The third-order valence-corrected chi connectivity index (χ3v) is 7.02. The third kappa shape index (κ3) is 8.42. The largest absolute Gasteiger partial charge is 0.385 e. The molecule has 0 unspecified atom stereocenters. The summed E-state index contributed by atoms with van der Waals surface area (Å²) in [6.45, 7) is 9.19. The van der Waals surface area contributed by atoms with E-state index in [9.17, 15) is 14.4 Å². The van der Waals surface area contributed by atoms with Crippen molar-refractivity contribution in [1.29, 1.82) is 0 Å². The van der Waals surface area contributed by atoms with Gasteiger partial charge in [0.1, 0.15) is 0 Å². The molecule has 1 aliphatic heterocycles. The standard InChI is InChI=1S/C30H42N4O3/c1-3-33(4-2)23-21-32-28(35)24-16-18-25(19-17-24)31-20-12-8-6-5-7-9-13-22-34-29(36)26-14-10-11-15-27(26)30(34)37/h10-11,14-19,31H,3-9,12-13,20-23H2,1-2H3,(H,32,35). The van der Waals surface area contributed by atoms with Gasteiger partial charge in [0.2, 0.25) is 0 Å². The molecule has 0 saturated carbocycles. The fourth-order valence-electron chi connectivity index (χ4n) is 4.66. The fourth-order valence-corrected chi connectivity index (χ4v) is 4.66. The van der Waals surface area contributed by atoms with Gasteiger partial charge in [-0.25, -0.2) is 0 Å². The van der Waals surface area contributed by atoms with Crippen molar-refractivity contribution >= 4 is 23.4 Å². The summed E-state index contributed by atoms with van der Waals surface area (Å²) in [6.07, 6.45) is 7.62. The number of anilines is 1. The Kier molecular flexibility index (Phi) is 11.6. The number of carbonyl (C=O) groups excluding carboxylic acids is 3. The number of likely N-dealkylation sites (N-methyl/N-ethyl adjacent to an activating group) is 1. The second-order valence-electron chi connectivity index (χ2n) is 9.57. The van der Waals surface area contributed by atoms with Crippen LogP contribution in [0.2, 0.25) is 0 Å². The molecule has 0 radical (unpaired) electrons. The predicted octanol–water partition coefficient (Wildman–Crippen LogP) is 5.20. The van der Waals surface area contributed by atoms with Gasteiger partial charge in [-0.05, 0) is 62.3 Å². The molecule has 2 aromatic carbocycles. The number of amides is 3. The van der Waals surface area contributed by atoms with E-state index >= 15 is 0 Å². The monoisotopic (exact) mass is 506 g/mol. The molecule has 0 aromatic heterocycles. The molecule has 0 saturated heterocycles. The lowest BCUT2D eigenvalue weighted by Crippen LogP contribution is -2.34. The first kappa shape index (κ1) is 28.4. The van der Waals surface area contributed by atoms with E-state index in [1.807, 2.05) is 24.3 Å². The van der Waals surface area contributed by atoms with Crippen molar-refractivity contribution in [2.45, 2.75) is 58.8 Å². The van der Waals surface area contributed by atoms with Crippen LogP contribution in [0.1, 0.15) is 89.9 Å². The van der Waals surface area contributed by atoms with Crippen LogP contribution in [0.15, 0.2) is 48.5 Å². The molecule has 3 amide bonds. The Morgan fingerprint density at radius 2 is 1.32 bits per heavy atom. The van der Waals surface area contributed by atoms with E-state index in [0.717, 1.165) is 57.5 Å². The van der Waals surface area contributed by atoms with Crippen LogP contribution in [0.3, 0.4) is 0 Å². The molecule has 0 spiro atoms. The zero-order chi connectivity index (χ0) is 26.5. The van der Waals surface area contributed by atoms with Crippen LogP contribution in [0.25, 0.3) is 0 Å². The highest BCUT2D eigenvalue weighted by Gasteiger charge is 2.34. The first-order chi connectivity index (χ1) is 18.0. The minimum atomic E-state index is -0.156. The van der Waals surface area contributed by atoms with E-state index in [0.29, 0.717) is 29.8 Å². The van der Waals surface area contributed by atoms with Gasteiger partial charge >= 0.3 is 0 Å². The molecule has 7 nitrogen and oxygen atoms in total. The number of carbonyl (C=O) groups is 3. The maximum Gasteiger partial charge on any atom is 0.261 e. The number of fused-ring (bicyclic) bond motifs is 1. The average Bonchev–Trinajstić information content (AvgIpc) is 3.17. The van der Waals surface area contributed by atoms with Crippen LogP contribution in [0, 0.1) is 0 Å². The first-order valence-corrected chi connectivity index (χ1v) is 13.8. The molecule has 7 heteroatoms. The van der Waals surface area contributed by atoms with Crippen LogP contribution in [-0.2, 0) is 0 Å². The summed E-state index contributed by atoms with van der Waals surface area (Å²) in [5.74, 6) is -0.337. The van der Waals surface area contributed by atoms with Crippen molar-refractivity contribution in [1.82, 2.24) is 15.1 Å². The summed E-state index contributed by atoms with van der Waals surface area (Å²) in [7, 11) is 0. The van der Waals surface area contributed by atoms with Crippen molar-refractivity contribution in [3.05, 3.63) is 65.2 Å². The fraction of sp³-hybridized carbons (Fsp3) is 0.500. The van der Waals surface area contributed by atoms with Gasteiger partial charge in [0.15, 0.2) is 0 Å². The number of rotatable bonds is 17. The number of nitrogens with one attached hydrogen (secondary N) is 2. The lowest BCUT2D eigenvalue weighted by Gasteiger charge is -2.18. The zero-order valence-electron chi connectivity index (χ0n) is 22.4. The summed E-state index contributed by atoms with van der Waals surface area (Å²) in [4.78, 5) is 40.7. The number of hydrogen-bond acceptors (Lipinski definition) is 5. The SMILES string of the molecule is CCN(CC)CCNC(=O)c1ccc(NCCCCCCCCCN2C(=O)c3ccccc3C2=O)cc1. The smallest absolute Gasteiger partial charge is 0.261 e. The van der Waals surface area contributed by atoms with E-state index in [1.54, 1.807) is 24.3 Å². The van der Waals surface area contributed by atoms with E-state index in [4.69, 9.17) is 0 Å². The molecule has 37 heavy (non-hydrogen) atoms. The maximum absolute atomic E-state index is 12.4. The quantitative estimate of drug-likeness (QED) is 0.228. The van der Waals surface area contributed by atoms with E-state index in [2.05, 4.69) is 29.4 Å². The van der Waals surface area contributed by atoms with Gasteiger partial charge < -0.3 is 15.5 Å². The molecule has 0 aliphatic carbocycles. The number of benzene rings is 2. The topological polar surface area (TPSA) is 81.8 Å². The Bertz CT molecular complexity index is 983. The highest BCUT2D eigenvalue weighted by Crippen LogP contribution is 2.23. The molecule has 0 fully saturated rings. The number of nitrogens with zero attached hydrogens (tertiary/aromatic N) is 2. The van der Waals surface area contributed by atoms with Crippen LogP contribution in [-0.4, -0.2) is 66.8 Å². The molecular formula is C30H42N4O3.